The summed E-state index contributed by atoms with van der Waals surface area (Å²) >= 11 is 1.17. The predicted molar refractivity (Wildman–Crippen MR) is 83.4 cm³/mol. The summed E-state index contributed by atoms with van der Waals surface area (Å²) in [7, 11) is 1.29. The lowest BCUT2D eigenvalue weighted by atomic mass is 10.1. The molecule has 0 spiro atoms. The number of nitrogens with one attached hydrogen (secondary N) is 1. The van der Waals surface area contributed by atoms with E-state index in [0.717, 1.165) is 6.42 Å². The summed E-state index contributed by atoms with van der Waals surface area (Å²) in [5.41, 5.74) is 7.43. The fraction of sp³-hybridized carbons (Fsp3) is 0.200. The van der Waals surface area contributed by atoms with Crippen molar-refractivity contribution < 1.29 is 9.53 Å². The number of nitrogen functional groups attached to an aromatic ring is 1. The van der Waals surface area contributed by atoms with Crippen molar-refractivity contribution in [1.82, 2.24) is 0 Å². The first-order chi connectivity index (χ1) is 10.2. The lowest BCUT2D eigenvalue weighted by molar-refractivity contribution is 0.0603. The minimum absolute atomic E-state index is 0.177. The number of ether oxygens (including phenoxy) is 1. The highest BCUT2D eigenvalue weighted by molar-refractivity contribution is 7.17. The molecule has 0 amide bonds. The maximum Gasteiger partial charge on any atom is 0.343 e. The number of anilines is 2. The van der Waals surface area contributed by atoms with Gasteiger partial charge < -0.3 is 15.8 Å². The number of nitrogens with zero attached hydrogens (tertiary/aromatic N) is 1. The number of thiophene rings is 1. The SMILES string of the molecule is COC(=O)c1c(NCCc2ccccc2)sc(C#N)c1N. The van der Waals surface area contributed by atoms with Gasteiger partial charge in [-0.25, -0.2) is 4.79 Å². The van der Waals surface area contributed by atoms with E-state index in [1.165, 1.54) is 24.0 Å². The Morgan fingerprint density at radius 1 is 1.43 bits per heavy atom. The molecule has 5 nitrogen and oxygen atoms in total. The zero-order chi connectivity index (χ0) is 15.2. The lowest BCUT2D eigenvalue weighted by Crippen LogP contribution is -2.10. The summed E-state index contributed by atoms with van der Waals surface area (Å²) in [4.78, 5) is 12.1. The maximum absolute atomic E-state index is 11.8. The van der Waals surface area contributed by atoms with E-state index in [2.05, 4.69) is 5.32 Å². The van der Waals surface area contributed by atoms with Crippen LogP contribution in [0.3, 0.4) is 0 Å². The van der Waals surface area contributed by atoms with E-state index in [1.807, 2.05) is 36.4 Å². The van der Waals surface area contributed by atoms with Crippen LogP contribution in [0.4, 0.5) is 10.7 Å². The summed E-state index contributed by atoms with van der Waals surface area (Å²) in [6.07, 6.45) is 0.807. The number of rotatable bonds is 5. The Morgan fingerprint density at radius 2 is 2.14 bits per heavy atom. The van der Waals surface area contributed by atoms with Gasteiger partial charge in [-0.1, -0.05) is 30.3 Å². The van der Waals surface area contributed by atoms with Gasteiger partial charge in [0, 0.05) is 6.54 Å². The number of benzene rings is 1. The third-order valence-corrected chi connectivity index (χ3v) is 4.05. The summed E-state index contributed by atoms with van der Waals surface area (Å²) in [6.45, 7) is 0.638. The third-order valence-electron chi connectivity index (χ3n) is 2.98. The highest BCUT2D eigenvalue weighted by Crippen LogP contribution is 2.35. The van der Waals surface area contributed by atoms with Crippen molar-refractivity contribution in [3.05, 3.63) is 46.3 Å². The molecule has 0 radical (unpaired) electrons. The number of nitrogens with two attached hydrogens (primary N) is 1. The number of nitriles is 1. The Bertz CT molecular complexity index is 674. The van der Waals surface area contributed by atoms with Gasteiger partial charge in [-0.15, -0.1) is 11.3 Å². The molecule has 108 valence electrons. The Hall–Kier alpha value is -2.52. The van der Waals surface area contributed by atoms with E-state index in [9.17, 15) is 4.79 Å². The van der Waals surface area contributed by atoms with Gasteiger partial charge in [0.2, 0.25) is 0 Å². The van der Waals surface area contributed by atoms with Gasteiger partial charge in [0.25, 0.3) is 0 Å². The van der Waals surface area contributed by atoms with Gasteiger partial charge in [0.1, 0.15) is 21.5 Å². The topological polar surface area (TPSA) is 88.1 Å². The molecule has 1 aromatic carbocycles. The molecule has 0 aliphatic carbocycles. The van der Waals surface area contributed by atoms with Crippen molar-refractivity contribution in [3.8, 4) is 6.07 Å². The number of methoxy groups -OCH3 is 1. The van der Waals surface area contributed by atoms with E-state index >= 15 is 0 Å². The highest BCUT2D eigenvalue weighted by Gasteiger charge is 2.22. The van der Waals surface area contributed by atoms with E-state index in [1.54, 1.807) is 0 Å². The predicted octanol–water partition coefficient (Wildman–Crippen LogP) is 2.64. The quantitative estimate of drug-likeness (QED) is 0.829. The minimum atomic E-state index is -0.535. The number of esters is 1. The molecule has 1 heterocycles. The van der Waals surface area contributed by atoms with Crippen LogP contribution in [0.15, 0.2) is 30.3 Å². The molecule has 2 rings (SSSR count). The van der Waals surface area contributed by atoms with Crippen LogP contribution in [0.1, 0.15) is 20.8 Å². The fourth-order valence-electron chi connectivity index (χ4n) is 1.92. The van der Waals surface area contributed by atoms with Crippen LogP contribution >= 0.6 is 11.3 Å². The monoisotopic (exact) mass is 301 g/mol. The van der Waals surface area contributed by atoms with Crippen molar-refractivity contribution in [2.75, 3.05) is 24.7 Å². The molecule has 3 N–H and O–H groups in total. The third kappa shape index (κ3) is 3.33. The van der Waals surface area contributed by atoms with Crippen molar-refractivity contribution in [2.45, 2.75) is 6.42 Å². The average molecular weight is 301 g/mol. The molecule has 0 fully saturated rings. The number of carbonyl (C=O) groups is 1. The number of carbonyl (C=O) groups excluding carboxylic acids is 1. The second-order valence-corrected chi connectivity index (χ2v) is 5.34. The first-order valence-corrected chi connectivity index (χ1v) is 7.17. The van der Waals surface area contributed by atoms with E-state index < -0.39 is 5.97 Å². The molecular formula is C15H15N3O2S. The van der Waals surface area contributed by atoms with Crippen LogP contribution in [-0.4, -0.2) is 19.6 Å². The van der Waals surface area contributed by atoms with Crippen LogP contribution in [-0.2, 0) is 11.2 Å². The fourth-order valence-corrected chi connectivity index (χ4v) is 2.85. The lowest BCUT2D eigenvalue weighted by Gasteiger charge is -2.07. The first-order valence-electron chi connectivity index (χ1n) is 6.35. The van der Waals surface area contributed by atoms with Gasteiger partial charge in [-0.2, -0.15) is 5.26 Å². The van der Waals surface area contributed by atoms with Gasteiger partial charge in [0.05, 0.1) is 12.8 Å². The maximum atomic E-state index is 11.8. The minimum Gasteiger partial charge on any atom is -0.465 e. The molecule has 0 unspecified atom stereocenters. The molecular weight excluding hydrogens is 286 g/mol. The van der Waals surface area contributed by atoms with E-state index in [0.29, 0.717) is 16.4 Å². The number of hydrogen-bond donors (Lipinski definition) is 2. The Labute approximate surface area is 127 Å². The molecule has 0 saturated carbocycles. The zero-order valence-electron chi connectivity index (χ0n) is 11.6. The van der Waals surface area contributed by atoms with Gasteiger partial charge in [-0.3, -0.25) is 0 Å². The smallest absolute Gasteiger partial charge is 0.343 e. The van der Waals surface area contributed by atoms with Crippen LogP contribution < -0.4 is 11.1 Å². The van der Waals surface area contributed by atoms with Crippen molar-refractivity contribution >= 4 is 28.0 Å². The Kier molecular flexibility index (Phi) is 4.80. The van der Waals surface area contributed by atoms with Crippen molar-refractivity contribution in [3.63, 3.8) is 0 Å². The highest BCUT2D eigenvalue weighted by atomic mass is 32.1. The van der Waals surface area contributed by atoms with Gasteiger partial charge >= 0.3 is 5.97 Å². The molecule has 0 aliphatic heterocycles. The first kappa shape index (κ1) is 14.9. The average Bonchev–Trinajstić information content (AvgIpc) is 2.83. The Morgan fingerprint density at radius 3 is 2.76 bits per heavy atom. The summed E-state index contributed by atoms with van der Waals surface area (Å²) < 4.78 is 4.72. The van der Waals surface area contributed by atoms with E-state index in [4.69, 9.17) is 15.7 Å². The molecule has 0 aliphatic rings. The van der Waals surface area contributed by atoms with Crippen molar-refractivity contribution in [1.29, 1.82) is 5.26 Å². The van der Waals surface area contributed by atoms with Crippen LogP contribution in [0.2, 0.25) is 0 Å². The molecule has 1 aromatic heterocycles. The van der Waals surface area contributed by atoms with Crippen molar-refractivity contribution in [2.24, 2.45) is 0 Å². The molecule has 21 heavy (non-hydrogen) atoms. The summed E-state index contributed by atoms with van der Waals surface area (Å²) in [6, 6.07) is 12.0. The molecule has 0 bridgehead atoms. The standard InChI is InChI=1S/C15H15N3O2S/c1-20-15(19)12-13(17)11(9-16)21-14(12)18-8-7-10-5-3-2-4-6-10/h2-6,18H,7-8,17H2,1H3. The van der Waals surface area contributed by atoms with E-state index in [-0.39, 0.29) is 11.3 Å². The molecule has 0 atom stereocenters. The molecule has 6 heteroatoms. The largest absolute Gasteiger partial charge is 0.465 e. The number of hydrogen-bond acceptors (Lipinski definition) is 6. The molecule has 2 aromatic rings. The van der Waals surface area contributed by atoms with Crippen LogP contribution in [0.5, 0.6) is 0 Å². The normalized spacial score (nSPS) is 9.90. The summed E-state index contributed by atoms with van der Waals surface area (Å²) in [5, 5.41) is 12.7. The second-order valence-electron chi connectivity index (χ2n) is 4.31. The summed E-state index contributed by atoms with van der Waals surface area (Å²) in [5.74, 6) is -0.535. The second kappa shape index (κ2) is 6.77. The molecule has 0 saturated heterocycles. The van der Waals surface area contributed by atoms with Gasteiger partial charge in [-0.05, 0) is 12.0 Å². The zero-order valence-corrected chi connectivity index (χ0v) is 12.4. The Balaban J connectivity index is 2.12. The van der Waals surface area contributed by atoms with Crippen LogP contribution in [0.25, 0.3) is 0 Å². The van der Waals surface area contributed by atoms with Gasteiger partial charge in [0.15, 0.2) is 0 Å². The van der Waals surface area contributed by atoms with Crippen LogP contribution in [0, 0.1) is 11.3 Å².